The van der Waals surface area contributed by atoms with E-state index < -0.39 is 16.8 Å². The van der Waals surface area contributed by atoms with Crippen LogP contribution in [0.5, 0.6) is 5.75 Å². The summed E-state index contributed by atoms with van der Waals surface area (Å²) in [6, 6.07) is 5.87. The highest BCUT2D eigenvalue weighted by Gasteiger charge is 2.20. The summed E-state index contributed by atoms with van der Waals surface area (Å²) < 4.78 is 35.8. The molecule has 10 heteroatoms. The fourth-order valence-corrected chi connectivity index (χ4v) is 3.12. The molecule has 0 aliphatic rings. The number of methoxy groups -OCH3 is 1. The Kier molecular flexibility index (Phi) is 6.47. The highest BCUT2D eigenvalue weighted by molar-refractivity contribution is 14.1. The van der Waals surface area contributed by atoms with Crippen LogP contribution < -0.4 is 20.3 Å². The maximum Gasteiger partial charge on any atom is 0.255 e. The van der Waals surface area contributed by atoms with Gasteiger partial charge >= 0.3 is 0 Å². The molecule has 24 heavy (non-hydrogen) atoms. The van der Waals surface area contributed by atoms with Gasteiger partial charge in [-0.25, -0.2) is 4.39 Å². The molecule has 0 saturated heterocycles. The maximum absolute atomic E-state index is 14.1. The van der Waals surface area contributed by atoms with Crippen LogP contribution >= 0.6 is 34.2 Å². The highest BCUT2D eigenvalue weighted by atomic mass is 127. The highest BCUT2D eigenvalue weighted by Crippen LogP contribution is 2.34. The number of hydrogen-bond donors (Lipinski definition) is 2. The summed E-state index contributed by atoms with van der Waals surface area (Å²) >= 11 is 7.58. The first kappa shape index (κ1) is 19.0. The largest absolute Gasteiger partial charge is 0.494 e. The van der Waals surface area contributed by atoms with Gasteiger partial charge in [0.25, 0.3) is 5.56 Å². The van der Waals surface area contributed by atoms with Gasteiger partial charge in [0.05, 0.1) is 12.8 Å². The minimum Gasteiger partial charge on any atom is -0.494 e. The predicted molar refractivity (Wildman–Crippen MR) is 104 cm³/mol. The molecule has 1 heterocycles. The Morgan fingerprint density at radius 2 is 2.12 bits per heavy atom. The van der Waals surface area contributed by atoms with E-state index in [1.807, 2.05) is 22.6 Å². The van der Waals surface area contributed by atoms with Crippen molar-refractivity contribution >= 4 is 62.4 Å². The van der Waals surface area contributed by atoms with Gasteiger partial charge in [-0.2, -0.15) is 4.72 Å². The lowest BCUT2D eigenvalue weighted by Gasteiger charge is -2.17. The Morgan fingerprint density at radius 1 is 1.42 bits per heavy atom. The predicted octanol–water partition coefficient (Wildman–Crippen LogP) is 3.10. The number of nitrogens with one attached hydrogen (secondary N) is 2. The minimum atomic E-state index is -1.97. The van der Waals surface area contributed by atoms with Crippen LogP contribution in [0.3, 0.4) is 0 Å². The number of nitrogens with zero attached hydrogens (tertiary/aromatic N) is 1. The number of ether oxygens (including phenoxy) is 1. The summed E-state index contributed by atoms with van der Waals surface area (Å²) in [6.45, 7) is 0. The minimum absolute atomic E-state index is 0.126. The molecule has 2 N–H and O–H groups in total. The fourth-order valence-electron chi connectivity index (χ4n) is 1.96. The molecule has 0 radical (unpaired) electrons. The summed E-state index contributed by atoms with van der Waals surface area (Å²) in [5, 5.41) is 2.73. The Hall–Kier alpha value is -1.33. The van der Waals surface area contributed by atoms with Crippen LogP contribution in [0.4, 0.5) is 21.6 Å². The zero-order valence-corrected chi connectivity index (χ0v) is 16.6. The topological polar surface area (TPSA) is 72.4 Å². The second-order valence-corrected chi connectivity index (χ2v) is 7.87. The first-order valence-electron chi connectivity index (χ1n) is 6.64. The van der Waals surface area contributed by atoms with Gasteiger partial charge in [0.2, 0.25) is 5.21 Å². The lowest BCUT2D eigenvalue weighted by molar-refractivity contribution is 0.415. The van der Waals surface area contributed by atoms with E-state index in [0.717, 1.165) is 3.57 Å². The van der Waals surface area contributed by atoms with Crippen molar-refractivity contribution in [2.24, 2.45) is 7.05 Å². The van der Waals surface area contributed by atoms with E-state index in [0.29, 0.717) is 0 Å². The summed E-state index contributed by atoms with van der Waals surface area (Å²) in [7, 11) is 0.918. The monoisotopic (exact) mass is 486 g/mol. The van der Waals surface area contributed by atoms with Crippen LogP contribution in [0.15, 0.2) is 29.1 Å². The normalized spacial score (nSPS) is 11.9. The van der Waals surface area contributed by atoms with Crippen molar-refractivity contribution in [1.82, 2.24) is 4.57 Å². The third-order valence-electron chi connectivity index (χ3n) is 3.15. The quantitative estimate of drug-likeness (QED) is 0.285. The Bertz CT molecular complexity index is 847. The van der Waals surface area contributed by atoms with E-state index in [2.05, 4.69) is 10.0 Å². The molecule has 1 unspecified atom stereocenters. The number of thiol groups is 1. The molecule has 0 spiro atoms. The van der Waals surface area contributed by atoms with Gasteiger partial charge in [-0.15, -0.1) is 0 Å². The maximum atomic E-state index is 14.1. The van der Waals surface area contributed by atoms with E-state index in [4.69, 9.17) is 16.3 Å². The number of halogens is 3. The third kappa shape index (κ3) is 4.19. The van der Waals surface area contributed by atoms with Crippen LogP contribution in [-0.4, -0.2) is 16.9 Å². The van der Waals surface area contributed by atoms with E-state index in [1.54, 1.807) is 12.1 Å². The molecule has 6 nitrogen and oxygen atoms in total. The number of anilines is 3. The molecule has 0 aliphatic heterocycles. The van der Waals surface area contributed by atoms with Crippen molar-refractivity contribution in [3.05, 3.63) is 44.0 Å². The van der Waals surface area contributed by atoms with E-state index in [9.17, 15) is 13.4 Å². The van der Waals surface area contributed by atoms with Gasteiger partial charge in [-0.3, -0.25) is 9.36 Å². The smallest absolute Gasteiger partial charge is 0.255 e. The Morgan fingerprint density at radius 3 is 2.71 bits per heavy atom. The summed E-state index contributed by atoms with van der Waals surface area (Å²) in [5.41, 5.74) is 0.0639. The van der Waals surface area contributed by atoms with Crippen LogP contribution in [0.1, 0.15) is 0 Å². The molecule has 0 amide bonds. The molecule has 0 aliphatic carbocycles. The second kappa shape index (κ2) is 8.17. The van der Waals surface area contributed by atoms with Crippen molar-refractivity contribution in [3.63, 3.8) is 0 Å². The summed E-state index contributed by atoms with van der Waals surface area (Å²) in [5.74, 6) is -0.0854. The SMILES string of the molecule is COc1cc(=O)n(C)c(Nc2ccc(I)cc2F)c1N[SH+](=O)CCl. The van der Waals surface area contributed by atoms with Crippen molar-refractivity contribution in [2.45, 2.75) is 0 Å². The molecule has 1 atom stereocenters. The van der Waals surface area contributed by atoms with Crippen LogP contribution in [-0.2, 0) is 22.2 Å². The van der Waals surface area contributed by atoms with Crippen molar-refractivity contribution in [3.8, 4) is 5.75 Å². The number of pyridine rings is 1. The molecule has 0 saturated carbocycles. The first-order chi connectivity index (χ1) is 11.4. The zero-order chi connectivity index (χ0) is 17.9. The molecule has 1 aromatic carbocycles. The van der Waals surface area contributed by atoms with Crippen molar-refractivity contribution in [2.75, 3.05) is 22.4 Å². The number of alkyl halides is 1. The lowest BCUT2D eigenvalue weighted by atomic mass is 10.3. The molecule has 2 aromatic rings. The second-order valence-electron chi connectivity index (χ2n) is 4.69. The zero-order valence-electron chi connectivity index (χ0n) is 12.8. The van der Waals surface area contributed by atoms with Gasteiger partial charge in [0.15, 0.2) is 22.4 Å². The van der Waals surface area contributed by atoms with E-state index in [1.165, 1.54) is 30.9 Å². The van der Waals surface area contributed by atoms with Crippen LogP contribution in [0.25, 0.3) is 0 Å². The average molecular weight is 487 g/mol. The van der Waals surface area contributed by atoms with Gasteiger partial charge < -0.3 is 10.1 Å². The molecular formula is C14H15ClFIN3O3S+. The summed E-state index contributed by atoms with van der Waals surface area (Å²) in [4.78, 5) is 12.1. The first-order valence-corrected chi connectivity index (χ1v) is 9.70. The molecule has 1 aromatic heterocycles. The summed E-state index contributed by atoms with van der Waals surface area (Å²) in [6.07, 6.45) is 0. The van der Waals surface area contributed by atoms with E-state index in [-0.39, 0.29) is 33.7 Å². The number of rotatable bonds is 6. The van der Waals surface area contributed by atoms with Crippen LogP contribution in [0, 0.1) is 9.39 Å². The van der Waals surface area contributed by atoms with Gasteiger partial charge in [0.1, 0.15) is 11.6 Å². The number of aromatic nitrogens is 1. The molecule has 2 rings (SSSR count). The molecular weight excluding hydrogens is 472 g/mol. The number of hydrogen-bond acceptors (Lipinski definition) is 4. The number of benzene rings is 1. The van der Waals surface area contributed by atoms with Crippen molar-refractivity contribution in [1.29, 1.82) is 0 Å². The fraction of sp³-hybridized carbons (Fsp3) is 0.214. The lowest BCUT2D eigenvalue weighted by Crippen LogP contribution is -2.22. The third-order valence-corrected chi connectivity index (χ3v) is 5.17. The van der Waals surface area contributed by atoms with Gasteiger partial charge in [-0.05, 0) is 40.8 Å². The van der Waals surface area contributed by atoms with Gasteiger partial charge in [-0.1, -0.05) is 15.8 Å². The van der Waals surface area contributed by atoms with Crippen molar-refractivity contribution < 1.29 is 13.3 Å². The Labute approximate surface area is 159 Å². The van der Waals surface area contributed by atoms with Gasteiger partial charge in [0, 0.05) is 16.7 Å². The van der Waals surface area contributed by atoms with E-state index >= 15 is 0 Å². The molecule has 0 bridgehead atoms. The Balaban J connectivity index is 2.59. The molecule has 0 fully saturated rings. The van der Waals surface area contributed by atoms with Crippen LogP contribution in [0.2, 0.25) is 0 Å². The molecule has 130 valence electrons. The average Bonchev–Trinajstić information content (AvgIpc) is 2.55. The standard InChI is InChI=1S/C14H14ClFIN3O3S/c1-20-12(21)6-11(23-2)13(19-24(22)7-15)14(20)18-10-4-3-8(17)5-9(10)16/h3-6,18H,7H2,1-2H3,(H,19,22)/p+1.